The molecule has 0 aromatic carbocycles. The Bertz CT molecular complexity index is 233. The number of hydrogen-bond acceptors (Lipinski definition) is 4. The van der Waals surface area contributed by atoms with Crippen molar-refractivity contribution in [2.75, 3.05) is 26.4 Å². The zero-order valence-electron chi connectivity index (χ0n) is 13.6. The number of carboxylic acids is 1. The number of ether oxygens (including phenoxy) is 3. The van der Waals surface area contributed by atoms with Gasteiger partial charge in [-0.3, -0.25) is 0 Å². The van der Waals surface area contributed by atoms with Crippen molar-refractivity contribution in [3.05, 3.63) is 0 Å². The van der Waals surface area contributed by atoms with Gasteiger partial charge in [0.2, 0.25) is 0 Å². The number of hydrogen-bond donors (Lipinski definition) is 1. The lowest BCUT2D eigenvalue weighted by atomic mass is 10.1. The van der Waals surface area contributed by atoms with Gasteiger partial charge in [0.05, 0.1) is 19.8 Å². The van der Waals surface area contributed by atoms with E-state index in [1.807, 2.05) is 6.92 Å². The lowest BCUT2D eigenvalue weighted by Crippen LogP contribution is -2.29. The number of carbonyl (C=O) groups is 1. The molecule has 5 heteroatoms. The Kier molecular flexibility index (Phi) is 15.2. The third-order valence-corrected chi connectivity index (χ3v) is 3.17. The molecule has 0 saturated heterocycles. The largest absolute Gasteiger partial charge is 0.477 e. The topological polar surface area (TPSA) is 65.0 Å². The van der Waals surface area contributed by atoms with Crippen LogP contribution in [0, 0.1) is 0 Å². The van der Waals surface area contributed by atoms with Crippen LogP contribution in [-0.4, -0.2) is 43.8 Å². The normalized spacial score (nSPS) is 12.5. The molecule has 0 spiro atoms. The van der Waals surface area contributed by atoms with E-state index in [4.69, 9.17) is 19.3 Å². The SMILES string of the molecule is CCCCCCCCCCOC(OCCOCC)C(=O)O. The molecular weight excluding hydrogens is 272 g/mol. The van der Waals surface area contributed by atoms with Gasteiger partial charge < -0.3 is 19.3 Å². The van der Waals surface area contributed by atoms with Crippen LogP contribution in [0.5, 0.6) is 0 Å². The van der Waals surface area contributed by atoms with Crippen LogP contribution in [0.1, 0.15) is 65.2 Å². The summed E-state index contributed by atoms with van der Waals surface area (Å²) in [6.45, 7) is 5.75. The van der Waals surface area contributed by atoms with Gasteiger partial charge in [-0.1, -0.05) is 51.9 Å². The summed E-state index contributed by atoms with van der Waals surface area (Å²) in [4.78, 5) is 10.9. The Morgan fingerprint density at radius 1 is 0.857 bits per heavy atom. The Balaban J connectivity index is 3.45. The summed E-state index contributed by atoms with van der Waals surface area (Å²) < 4.78 is 15.5. The number of rotatable bonds is 16. The molecule has 1 N–H and O–H groups in total. The van der Waals surface area contributed by atoms with Gasteiger partial charge in [-0.05, 0) is 13.3 Å². The predicted octanol–water partition coefficient (Wildman–Crippen LogP) is 3.61. The van der Waals surface area contributed by atoms with E-state index in [-0.39, 0.29) is 6.61 Å². The van der Waals surface area contributed by atoms with Crippen molar-refractivity contribution in [3.8, 4) is 0 Å². The second kappa shape index (κ2) is 15.7. The fourth-order valence-corrected chi connectivity index (χ4v) is 1.98. The highest BCUT2D eigenvalue weighted by Crippen LogP contribution is 2.09. The second-order valence-electron chi connectivity index (χ2n) is 5.08. The summed E-state index contributed by atoms with van der Waals surface area (Å²) in [5.41, 5.74) is 0. The van der Waals surface area contributed by atoms with Crippen LogP contribution in [0.15, 0.2) is 0 Å². The first kappa shape index (κ1) is 20.3. The standard InChI is InChI=1S/C16H32O5/c1-3-5-6-7-8-9-10-11-12-20-16(15(17)18)21-14-13-19-4-2/h16H,3-14H2,1-2H3,(H,17,18). The van der Waals surface area contributed by atoms with Crippen LogP contribution in [0.3, 0.4) is 0 Å². The Labute approximate surface area is 129 Å². The first-order valence-electron chi connectivity index (χ1n) is 8.26. The average molecular weight is 304 g/mol. The van der Waals surface area contributed by atoms with Crippen LogP contribution >= 0.6 is 0 Å². The molecule has 0 aliphatic heterocycles. The third kappa shape index (κ3) is 14.1. The molecule has 0 saturated carbocycles. The minimum absolute atomic E-state index is 0.238. The molecular formula is C16H32O5. The third-order valence-electron chi connectivity index (χ3n) is 3.17. The number of aliphatic carboxylic acids is 1. The second-order valence-corrected chi connectivity index (χ2v) is 5.08. The summed E-state index contributed by atoms with van der Waals surface area (Å²) >= 11 is 0. The molecule has 0 heterocycles. The van der Waals surface area contributed by atoms with Crippen molar-refractivity contribution >= 4 is 5.97 Å². The van der Waals surface area contributed by atoms with Crippen molar-refractivity contribution in [1.82, 2.24) is 0 Å². The zero-order chi connectivity index (χ0) is 15.8. The quantitative estimate of drug-likeness (QED) is 0.348. The fraction of sp³-hybridized carbons (Fsp3) is 0.938. The van der Waals surface area contributed by atoms with Gasteiger partial charge in [-0.25, -0.2) is 4.79 Å². The fourth-order valence-electron chi connectivity index (χ4n) is 1.98. The molecule has 126 valence electrons. The van der Waals surface area contributed by atoms with E-state index in [9.17, 15) is 4.79 Å². The van der Waals surface area contributed by atoms with Crippen LogP contribution in [0.2, 0.25) is 0 Å². The Hall–Kier alpha value is -0.650. The Morgan fingerprint density at radius 3 is 2.00 bits per heavy atom. The predicted molar refractivity (Wildman–Crippen MR) is 82.4 cm³/mol. The molecule has 5 nitrogen and oxygen atoms in total. The van der Waals surface area contributed by atoms with E-state index in [0.717, 1.165) is 12.8 Å². The Morgan fingerprint density at radius 2 is 1.43 bits per heavy atom. The van der Waals surface area contributed by atoms with E-state index in [1.54, 1.807) is 0 Å². The van der Waals surface area contributed by atoms with Gasteiger partial charge >= 0.3 is 5.97 Å². The summed E-state index contributed by atoms with van der Waals surface area (Å²) in [5.74, 6) is -1.08. The van der Waals surface area contributed by atoms with Crippen molar-refractivity contribution in [2.24, 2.45) is 0 Å². The van der Waals surface area contributed by atoms with E-state index in [1.165, 1.54) is 38.5 Å². The van der Waals surface area contributed by atoms with E-state index in [2.05, 4.69) is 6.92 Å². The minimum Gasteiger partial charge on any atom is -0.477 e. The summed E-state index contributed by atoms with van der Waals surface area (Å²) in [6.07, 6.45) is 8.45. The molecule has 1 unspecified atom stereocenters. The molecule has 0 aliphatic rings. The summed E-state index contributed by atoms with van der Waals surface area (Å²) in [6, 6.07) is 0. The molecule has 0 radical (unpaired) electrons. The molecule has 0 bridgehead atoms. The highest BCUT2D eigenvalue weighted by molar-refractivity contribution is 5.70. The van der Waals surface area contributed by atoms with E-state index >= 15 is 0 Å². The maximum Gasteiger partial charge on any atom is 0.361 e. The molecule has 0 aliphatic carbocycles. The molecule has 0 rings (SSSR count). The van der Waals surface area contributed by atoms with Crippen LogP contribution < -0.4 is 0 Å². The highest BCUT2D eigenvalue weighted by Gasteiger charge is 2.18. The minimum atomic E-state index is -1.17. The maximum atomic E-state index is 10.9. The number of unbranched alkanes of at least 4 members (excludes halogenated alkanes) is 7. The van der Waals surface area contributed by atoms with Gasteiger partial charge in [-0.15, -0.1) is 0 Å². The molecule has 0 fully saturated rings. The van der Waals surface area contributed by atoms with Gasteiger partial charge in [0.15, 0.2) is 0 Å². The zero-order valence-corrected chi connectivity index (χ0v) is 13.6. The summed E-state index contributed by atoms with van der Waals surface area (Å²) in [7, 11) is 0. The van der Waals surface area contributed by atoms with Crippen molar-refractivity contribution in [2.45, 2.75) is 71.5 Å². The lowest BCUT2D eigenvalue weighted by Gasteiger charge is -2.14. The monoisotopic (exact) mass is 304 g/mol. The lowest BCUT2D eigenvalue weighted by molar-refractivity contribution is -0.192. The first-order chi connectivity index (χ1) is 10.2. The van der Waals surface area contributed by atoms with Crippen molar-refractivity contribution < 1.29 is 24.1 Å². The van der Waals surface area contributed by atoms with Gasteiger partial charge in [-0.2, -0.15) is 0 Å². The van der Waals surface area contributed by atoms with E-state index < -0.39 is 12.3 Å². The van der Waals surface area contributed by atoms with Gasteiger partial charge in [0, 0.05) is 6.61 Å². The maximum absolute atomic E-state index is 10.9. The molecule has 0 aromatic heterocycles. The van der Waals surface area contributed by atoms with Gasteiger partial charge in [0.25, 0.3) is 6.29 Å². The molecule has 0 amide bonds. The molecule has 0 aromatic rings. The smallest absolute Gasteiger partial charge is 0.361 e. The van der Waals surface area contributed by atoms with Gasteiger partial charge in [0.1, 0.15) is 0 Å². The van der Waals surface area contributed by atoms with Crippen molar-refractivity contribution in [3.63, 3.8) is 0 Å². The van der Waals surface area contributed by atoms with Crippen molar-refractivity contribution in [1.29, 1.82) is 0 Å². The molecule has 1 atom stereocenters. The van der Waals surface area contributed by atoms with Crippen LogP contribution in [0.25, 0.3) is 0 Å². The average Bonchev–Trinajstić information content (AvgIpc) is 2.47. The molecule has 21 heavy (non-hydrogen) atoms. The highest BCUT2D eigenvalue weighted by atomic mass is 16.7. The number of carboxylic acid groups (broad SMARTS) is 1. The van der Waals surface area contributed by atoms with Crippen LogP contribution in [-0.2, 0) is 19.0 Å². The van der Waals surface area contributed by atoms with Crippen LogP contribution in [0.4, 0.5) is 0 Å². The first-order valence-corrected chi connectivity index (χ1v) is 8.26. The summed E-state index contributed by atoms with van der Waals surface area (Å²) in [5, 5.41) is 8.96. The van der Waals surface area contributed by atoms with E-state index in [0.29, 0.717) is 19.8 Å².